The van der Waals surface area contributed by atoms with Crippen molar-refractivity contribution in [2.45, 2.75) is 6.92 Å². The standard InChI is InChI=1S/C21H24N2O/c1-18-9-11-20(12-10-18)21(24)23-16-14-22(15-17-23)13-5-8-19-6-3-2-4-7-19/h2-12H,13-17H2,1H3/b8-5-. The van der Waals surface area contributed by atoms with Crippen molar-refractivity contribution in [2.75, 3.05) is 32.7 Å². The molecule has 1 fully saturated rings. The fourth-order valence-electron chi connectivity index (χ4n) is 2.91. The minimum atomic E-state index is 0.148. The van der Waals surface area contributed by atoms with E-state index in [0.29, 0.717) is 0 Å². The van der Waals surface area contributed by atoms with E-state index >= 15 is 0 Å². The number of piperazine rings is 1. The van der Waals surface area contributed by atoms with Crippen LogP contribution >= 0.6 is 0 Å². The highest BCUT2D eigenvalue weighted by Crippen LogP contribution is 2.10. The Kier molecular flexibility index (Phi) is 5.44. The van der Waals surface area contributed by atoms with Gasteiger partial charge in [-0.15, -0.1) is 0 Å². The molecule has 1 saturated heterocycles. The van der Waals surface area contributed by atoms with Gasteiger partial charge in [-0.05, 0) is 24.6 Å². The van der Waals surface area contributed by atoms with Crippen LogP contribution < -0.4 is 0 Å². The third-order valence-corrected chi connectivity index (χ3v) is 4.43. The van der Waals surface area contributed by atoms with Crippen LogP contribution in [0.15, 0.2) is 60.7 Å². The van der Waals surface area contributed by atoms with Crippen LogP contribution in [0.1, 0.15) is 21.5 Å². The van der Waals surface area contributed by atoms with Crippen molar-refractivity contribution in [3.05, 3.63) is 77.4 Å². The fourth-order valence-corrected chi connectivity index (χ4v) is 2.91. The maximum Gasteiger partial charge on any atom is 0.253 e. The predicted octanol–water partition coefficient (Wildman–Crippen LogP) is 3.47. The summed E-state index contributed by atoms with van der Waals surface area (Å²) in [6, 6.07) is 18.2. The van der Waals surface area contributed by atoms with Crippen LogP contribution in [-0.2, 0) is 0 Å². The number of benzene rings is 2. The topological polar surface area (TPSA) is 23.6 Å². The monoisotopic (exact) mass is 320 g/mol. The van der Waals surface area contributed by atoms with E-state index < -0.39 is 0 Å². The first-order valence-corrected chi connectivity index (χ1v) is 8.52. The molecule has 1 amide bonds. The maximum atomic E-state index is 12.5. The summed E-state index contributed by atoms with van der Waals surface area (Å²) in [7, 11) is 0. The normalized spacial score (nSPS) is 15.8. The zero-order chi connectivity index (χ0) is 16.8. The number of hydrogen-bond donors (Lipinski definition) is 0. The van der Waals surface area contributed by atoms with Gasteiger partial charge in [0.15, 0.2) is 0 Å². The Morgan fingerprint density at radius 1 is 0.958 bits per heavy atom. The van der Waals surface area contributed by atoms with E-state index in [1.54, 1.807) is 0 Å². The molecule has 124 valence electrons. The second-order valence-electron chi connectivity index (χ2n) is 6.27. The fraction of sp³-hybridized carbons (Fsp3) is 0.286. The van der Waals surface area contributed by atoms with Crippen molar-refractivity contribution in [3.63, 3.8) is 0 Å². The highest BCUT2D eigenvalue weighted by Gasteiger charge is 2.21. The number of nitrogens with zero attached hydrogens (tertiary/aromatic N) is 2. The summed E-state index contributed by atoms with van der Waals surface area (Å²) in [5.41, 5.74) is 3.20. The smallest absolute Gasteiger partial charge is 0.253 e. The first kappa shape index (κ1) is 16.5. The zero-order valence-corrected chi connectivity index (χ0v) is 14.2. The van der Waals surface area contributed by atoms with Gasteiger partial charge in [0.1, 0.15) is 0 Å². The van der Waals surface area contributed by atoms with Crippen molar-refractivity contribution < 1.29 is 4.79 Å². The summed E-state index contributed by atoms with van der Waals surface area (Å²) in [4.78, 5) is 16.9. The van der Waals surface area contributed by atoms with Crippen LogP contribution in [0.5, 0.6) is 0 Å². The number of rotatable bonds is 4. The van der Waals surface area contributed by atoms with Gasteiger partial charge in [0.2, 0.25) is 0 Å². The van der Waals surface area contributed by atoms with Crippen molar-refractivity contribution in [2.24, 2.45) is 0 Å². The molecule has 1 aliphatic rings. The van der Waals surface area contributed by atoms with E-state index in [4.69, 9.17) is 0 Å². The van der Waals surface area contributed by atoms with Crippen LogP contribution in [0.4, 0.5) is 0 Å². The Hall–Kier alpha value is -2.39. The van der Waals surface area contributed by atoms with Gasteiger partial charge in [0, 0.05) is 38.3 Å². The zero-order valence-electron chi connectivity index (χ0n) is 14.2. The van der Waals surface area contributed by atoms with Crippen molar-refractivity contribution >= 4 is 12.0 Å². The molecule has 0 saturated carbocycles. The lowest BCUT2D eigenvalue weighted by atomic mass is 10.1. The average Bonchev–Trinajstić information content (AvgIpc) is 2.63. The molecule has 3 nitrogen and oxygen atoms in total. The van der Waals surface area contributed by atoms with E-state index in [0.717, 1.165) is 38.3 Å². The molecular formula is C21H24N2O. The van der Waals surface area contributed by atoms with Gasteiger partial charge in [-0.3, -0.25) is 9.69 Å². The van der Waals surface area contributed by atoms with Gasteiger partial charge >= 0.3 is 0 Å². The molecule has 2 aromatic carbocycles. The van der Waals surface area contributed by atoms with E-state index in [1.807, 2.05) is 42.2 Å². The van der Waals surface area contributed by atoms with Gasteiger partial charge in [0.25, 0.3) is 5.91 Å². The number of carbonyl (C=O) groups is 1. The highest BCUT2D eigenvalue weighted by molar-refractivity contribution is 5.94. The predicted molar refractivity (Wildman–Crippen MR) is 99.0 cm³/mol. The Morgan fingerprint density at radius 2 is 1.62 bits per heavy atom. The largest absolute Gasteiger partial charge is 0.336 e. The minimum Gasteiger partial charge on any atom is -0.336 e. The van der Waals surface area contributed by atoms with Crippen LogP contribution in [-0.4, -0.2) is 48.4 Å². The van der Waals surface area contributed by atoms with Crippen LogP contribution in [0.2, 0.25) is 0 Å². The van der Waals surface area contributed by atoms with Gasteiger partial charge in [-0.2, -0.15) is 0 Å². The van der Waals surface area contributed by atoms with E-state index in [2.05, 4.69) is 41.3 Å². The molecule has 0 unspecified atom stereocenters. The molecule has 0 bridgehead atoms. The molecule has 0 atom stereocenters. The molecule has 1 heterocycles. The number of hydrogen-bond acceptors (Lipinski definition) is 2. The molecule has 3 heteroatoms. The van der Waals surface area contributed by atoms with E-state index in [1.165, 1.54) is 11.1 Å². The summed E-state index contributed by atoms with van der Waals surface area (Å²) in [5.74, 6) is 0.148. The Labute approximate surface area is 144 Å². The van der Waals surface area contributed by atoms with Crippen LogP contribution in [0.25, 0.3) is 6.08 Å². The molecular weight excluding hydrogens is 296 g/mol. The summed E-state index contributed by atoms with van der Waals surface area (Å²) in [6.45, 7) is 6.42. The highest BCUT2D eigenvalue weighted by atomic mass is 16.2. The molecule has 3 rings (SSSR count). The first-order valence-electron chi connectivity index (χ1n) is 8.52. The van der Waals surface area contributed by atoms with Gasteiger partial charge < -0.3 is 4.90 Å². The lowest BCUT2D eigenvalue weighted by Crippen LogP contribution is -2.48. The quantitative estimate of drug-likeness (QED) is 0.861. The summed E-state index contributed by atoms with van der Waals surface area (Å²) < 4.78 is 0. The summed E-state index contributed by atoms with van der Waals surface area (Å²) >= 11 is 0. The average molecular weight is 320 g/mol. The van der Waals surface area contributed by atoms with Gasteiger partial charge in [-0.1, -0.05) is 60.2 Å². The third-order valence-electron chi connectivity index (χ3n) is 4.43. The minimum absolute atomic E-state index is 0.148. The van der Waals surface area contributed by atoms with E-state index in [9.17, 15) is 4.79 Å². The number of aryl methyl sites for hydroxylation is 1. The number of carbonyl (C=O) groups excluding carboxylic acids is 1. The SMILES string of the molecule is Cc1ccc(C(=O)N2CCN(C/C=C\c3ccccc3)CC2)cc1. The molecule has 0 aliphatic carbocycles. The lowest BCUT2D eigenvalue weighted by molar-refractivity contribution is 0.0650. The molecule has 0 aromatic heterocycles. The second kappa shape index (κ2) is 7.93. The summed E-state index contributed by atoms with van der Waals surface area (Å²) in [6.07, 6.45) is 4.36. The third kappa shape index (κ3) is 4.33. The maximum absolute atomic E-state index is 12.5. The van der Waals surface area contributed by atoms with Gasteiger partial charge in [-0.25, -0.2) is 0 Å². The molecule has 1 aliphatic heterocycles. The Bertz CT molecular complexity index is 684. The van der Waals surface area contributed by atoms with Crippen LogP contribution in [0.3, 0.4) is 0 Å². The Morgan fingerprint density at radius 3 is 2.29 bits per heavy atom. The first-order chi connectivity index (χ1) is 11.7. The van der Waals surface area contributed by atoms with Crippen molar-refractivity contribution in [3.8, 4) is 0 Å². The van der Waals surface area contributed by atoms with Crippen LogP contribution in [0, 0.1) is 6.92 Å². The van der Waals surface area contributed by atoms with E-state index in [-0.39, 0.29) is 5.91 Å². The molecule has 0 radical (unpaired) electrons. The van der Waals surface area contributed by atoms with Gasteiger partial charge in [0.05, 0.1) is 0 Å². The van der Waals surface area contributed by atoms with Crippen molar-refractivity contribution in [1.82, 2.24) is 9.80 Å². The molecule has 24 heavy (non-hydrogen) atoms. The number of amides is 1. The summed E-state index contributed by atoms with van der Waals surface area (Å²) in [5, 5.41) is 0. The second-order valence-corrected chi connectivity index (χ2v) is 6.27. The lowest BCUT2D eigenvalue weighted by Gasteiger charge is -2.34. The van der Waals surface area contributed by atoms with Crippen molar-refractivity contribution in [1.29, 1.82) is 0 Å². The molecule has 0 N–H and O–H groups in total. The Balaban J connectivity index is 1.48. The molecule has 0 spiro atoms. The molecule has 2 aromatic rings.